The molecule has 0 aromatic carbocycles. The zero-order chi connectivity index (χ0) is 15.5. The van der Waals surface area contributed by atoms with Crippen molar-refractivity contribution in [1.82, 2.24) is 20.1 Å². The number of amides is 1. The van der Waals surface area contributed by atoms with E-state index in [4.69, 9.17) is 0 Å². The molecule has 2 N–H and O–H groups in total. The second-order valence-corrected chi connectivity index (χ2v) is 5.86. The van der Waals surface area contributed by atoms with Crippen molar-refractivity contribution in [2.75, 3.05) is 0 Å². The van der Waals surface area contributed by atoms with E-state index in [0.717, 1.165) is 31.4 Å². The third kappa shape index (κ3) is 3.10. The molecule has 1 aliphatic carbocycles. The van der Waals surface area contributed by atoms with Gasteiger partial charge in [-0.15, -0.1) is 0 Å². The van der Waals surface area contributed by atoms with Crippen molar-refractivity contribution < 1.29 is 4.79 Å². The Morgan fingerprint density at radius 1 is 1.45 bits per heavy atom. The molecule has 0 bridgehead atoms. The van der Waals surface area contributed by atoms with Crippen LogP contribution in [0, 0.1) is 5.92 Å². The van der Waals surface area contributed by atoms with Gasteiger partial charge in [-0.1, -0.05) is 12.5 Å². The number of H-pyrrole nitrogens is 1. The van der Waals surface area contributed by atoms with Crippen LogP contribution in [0.4, 0.5) is 0 Å². The Labute approximate surface area is 128 Å². The van der Waals surface area contributed by atoms with Crippen LogP contribution in [0.3, 0.4) is 0 Å². The molecular weight excluding hydrogens is 280 g/mol. The lowest BCUT2D eigenvalue weighted by Crippen LogP contribution is -2.39. The van der Waals surface area contributed by atoms with Crippen LogP contribution in [0.25, 0.3) is 0 Å². The first-order valence-corrected chi connectivity index (χ1v) is 7.60. The number of rotatable bonds is 4. The third-order valence-electron chi connectivity index (χ3n) is 4.31. The minimum Gasteiger partial charge on any atom is -0.348 e. The predicted molar refractivity (Wildman–Crippen MR) is 82.6 cm³/mol. The van der Waals surface area contributed by atoms with Gasteiger partial charge in [0, 0.05) is 31.0 Å². The Kier molecular flexibility index (Phi) is 4.09. The lowest BCUT2D eigenvalue weighted by Gasteiger charge is -2.20. The summed E-state index contributed by atoms with van der Waals surface area (Å²) < 4.78 is 1.46. The summed E-state index contributed by atoms with van der Waals surface area (Å²) in [6.07, 6.45) is 5.84. The molecule has 6 nitrogen and oxygen atoms in total. The number of carbonyl (C=O) groups excluding carboxylic acids is 1. The molecule has 1 fully saturated rings. The molecule has 3 rings (SSSR count). The number of aromatic nitrogens is 3. The van der Waals surface area contributed by atoms with E-state index in [0.29, 0.717) is 11.6 Å². The maximum absolute atomic E-state index is 12.3. The van der Waals surface area contributed by atoms with Crippen LogP contribution in [0.1, 0.15) is 35.4 Å². The number of hydrogen-bond donors (Lipinski definition) is 2. The molecule has 2 heterocycles. The molecule has 1 amide bonds. The van der Waals surface area contributed by atoms with E-state index in [-0.39, 0.29) is 17.5 Å². The standard InChI is InChI=1S/C16H20N4O2/c1-20-14(10-15(21)19-20)16(22)18-13-7-4-5-11(13)9-12-6-2-3-8-17-12/h2-3,6,8,10-11,13H,4-5,7,9H2,1H3,(H,18,22)(H,19,21). The summed E-state index contributed by atoms with van der Waals surface area (Å²) in [6, 6.07) is 7.38. The molecule has 0 spiro atoms. The first-order chi connectivity index (χ1) is 10.6. The van der Waals surface area contributed by atoms with Crippen LogP contribution in [-0.4, -0.2) is 26.7 Å². The van der Waals surface area contributed by atoms with Gasteiger partial charge in [0.25, 0.3) is 11.5 Å². The Balaban J connectivity index is 1.67. The quantitative estimate of drug-likeness (QED) is 0.892. The van der Waals surface area contributed by atoms with Gasteiger partial charge in [-0.05, 0) is 37.3 Å². The molecule has 0 saturated heterocycles. The van der Waals surface area contributed by atoms with Gasteiger partial charge in [0.1, 0.15) is 5.69 Å². The summed E-state index contributed by atoms with van der Waals surface area (Å²) in [6.45, 7) is 0. The number of nitrogens with one attached hydrogen (secondary N) is 2. The summed E-state index contributed by atoms with van der Waals surface area (Å²) in [7, 11) is 1.66. The molecular formula is C16H20N4O2. The fraction of sp³-hybridized carbons (Fsp3) is 0.438. The topological polar surface area (TPSA) is 79.8 Å². The fourth-order valence-electron chi connectivity index (χ4n) is 3.20. The van der Waals surface area contributed by atoms with Crippen molar-refractivity contribution in [2.24, 2.45) is 13.0 Å². The van der Waals surface area contributed by atoms with Gasteiger partial charge in [0.05, 0.1) is 0 Å². The fourth-order valence-corrected chi connectivity index (χ4v) is 3.20. The highest BCUT2D eigenvalue weighted by Gasteiger charge is 2.29. The monoisotopic (exact) mass is 300 g/mol. The van der Waals surface area contributed by atoms with Gasteiger partial charge in [-0.3, -0.25) is 24.4 Å². The van der Waals surface area contributed by atoms with Crippen LogP contribution >= 0.6 is 0 Å². The summed E-state index contributed by atoms with van der Waals surface area (Å²) >= 11 is 0. The van der Waals surface area contributed by atoms with Crippen molar-refractivity contribution >= 4 is 5.91 Å². The maximum atomic E-state index is 12.3. The SMILES string of the molecule is Cn1[nH]c(=O)cc1C(=O)NC1CCCC1Cc1ccccn1. The average molecular weight is 300 g/mol. The largest absolute Gasteiger partial charge is 0.348 e. The van der Waals surface area contributed by atoms with E-state index >= 15 is 0 Å². The number of aromatic amines is 1. The van der Waals surface area contributed by atoms with Crippen LogP contribution < -0.4 is 10.9 Å². The van der Waals surface area contributed by atoms with Crippen LogP contribution in [0.5, 0.6) is 0 Å². The van der Waals surface area contributed by atoms with E-state index < -0.39 is 0 Å². The van der Waals surface area contributed by atoms with Gasteiger partial charge in [-0.25, -0.2) is 0 Å². The van der Waals surface area contributed by atoms with Gasteiger partial charge < -0.3 is 5.32 Å². The van der Waals surface area contributed by atoms with Crippen molar-refractivity contribution in [1.29, 1.82) is 0 Å². The molecule has 1 saturated carbocycles. The number of hydrogen-bond acceptors (Lipinski definition) is 3. The first-order valence-electron chi connectivity index (χ1n) is 7.60. The van der Waals surface area contributed by atoms with Crippen molar-refractivity contribution in [3.63, 3.8) is 0 Å². The van der Waals surface area contributed by atoms with Crippen molar-refractivity contribution in [2.45, 2.75) is 31.7 Å². The molecule has 0 radical (unpaired) electrons. The Hall–Kier alpha value is -2.37. The van der Waals surface area contributed by atoms with Crippen LogP contribution in [-0.2, 0) is 13.5 Å². The summed E-state index contributed by atoms with van der Waals surface area (Å²) in [5, 5.41) is 5.63. The Morgan fingerprint density at radius 3 is 3.00 bits per heavy atom. The normalized spacial score (nSPS) is 21.0. The highest BCUT2D eigenvalue weighted by atomic mass is 16.2. The first kappa shape index (κ1) is 14.6. The molecule has 0 aliphatic heterocycles. The molecule has 22 heavy (non-hydrogen) atoms. The number of carbonyl (C=O) groups is 1. The molecule has 2 atom stereocenters. The number of aryl methyl sites for hydroxylation is 1. The zero-order valence-electron chi connectivity index (χ0n) is 12.6. The average Bonchev–Trinajstić information content (AvgIpc) is 3.06. The summed E-state index contributed by atoms with van der Waals surface area (Å²) in [5.74, 6) is 0.202. The van der Waals surface area contributed by atoms with Crippen LogP contribution in [0.15, 0.2) is 35.3 Å². The Bertz CT molecular complexity index is 704. The summed E-state index contributed by atoms with van der Waals surface area (Å²) in [5.41, 5.74) is 1.17. The molecule has 2 aromatic rings. The molecule has 2 unspecified atom stereocenters. The predicted octanol–water partition coefficient (Wildman–Crippen LogP) is 1.25. The van der Waals surface area contributed by atoms with E-state index in [1.54, 1.807) is 13.2 Å². The highest BCUT2D eigenvalue weighted by molar-refractivity contribution is 5.92. The minimum absolute atomic E-state index is 0.138. The maximum Gasteiger partial charge on any atom is 0.269 e. The molecule has 116 valence electrons. The van der Waals surface area contributed by atoms with E-state index in [2.05, 4.69) is 15.4 Å². The lowest BCUT2D eigenvalue weighted by molar-refractivity contribution is 0.0918. The summed E-state index contributed by atoms with van der Waals surface area (Å²) in [4.78, 5) is 28.0. The Morgan fingerprint density at radius 2 is 2.32 bits per heavy atom. The van der Waals surface area contributed by atoms with Gasteiger partial charge in [-0.2, -0.15) is 0 Å². The highest BCUT2D eigenvalue weighted by Crippen LogP contribution is 2.28. The molecule has 2 aromatic heterocycles. The van der Waals surface area contributed by atoms with Crippen molar-refractivity contribution in [3.05, 3.63) is 52.2 Å². The second-order valence-electron chi connectivity index (χ2n) is 5.86. The molecule has 1 aliphatic rings. The number of nitrogens with zero attached hydrogens (tertiary/aromatic N) is 2. The van der Waals surface area contributed by atoms with Gasteiger partial charge >= 0.3 is 0 Å². The van der Waals surface area contributed by atoms with E-state index in [9.17, 15) is 9.59 Å². The molecule has 6 heteroatoms. The minimum atomic E-state index is -0.260. The number of pyridine rings is 1. The second kappa shape index (κ2) is 6.17. The van der Waals surface area contributed by atoms with Gasteiger partial charge in [0.2, 0.25) is 0 Å². The van der Waals surface area contributed by atoms with E-state index in [1.165, 1.54) is 10.7 Å². The van der Waals surface area contributed by atoms with E-state index in [1.807, 2.05) is 18.2 Å². The van der Waals surface area contributed by atoms with Crippen molar-refractivity contribution in [3.8, 4) is 0 Å². The third-order valence-corrected chi connectivity index (χ3v) is 4.31. The lowest BCUT2D eigenvalue weighted by atomic mass is 9.97. The van der Waals surface area contributed by atoms with Crippen LogP contribution in [0.2, 0.25) is 0 Å². The van der Waals surface area contributed by atoms with Gasteiger partial charge in [0.15, 0.2) is 0 Å². The zero-order valence-corrected chi connectivity index (χ0v) is 12.6. The smallest absolute Gasteiger partial charge is 0.269 e.